The number of halogens is 2. The fourth-order valence-electron chi connectivity index (χ4n) is 2.58. The van der Waals surface area contributed by atoms with E-state index in [9.17, 15) is 4.39 Å². The SMILES string of the molecule is Fc1ccc(-c2cnc(SCc3cc(Cl)cc4c3OCOC4)o2)cc1. The summed E-state index contributed by atoms with van der Waals surface area (Å²) in [6, 6.07) is 9.83. The minimum absolute atomic E-state index is 0.236. The zero-order chi connectivity index (χ0) is 17.2. The van der Waals surface area contributed by atoms with Gasteiger partial charge in [-0.15, -0.1) is 0 Å². The Hall–Kier alpha value is -2.02. The first-order chi connectivity index (χ1) is 12.2. The topological polar surface area (TPSA) is 44.5 Å². The molecule has 3 aromatic rings. The van der Waals surface area contributed by atoms with Crippen LogP contribution >= 0.6 is 23.4 Å². The summed E-state index contributed by atoms with van der Waals surface area (Å²) >= 11 is 7.61. The van der Waals surface area contributed by atoms with Crippen molar-refractivity contribution in [3.8, 4) is 17.1 Å². The van der Waals surface area contributed by atoms with Gasteiger partial charge >= 0.3 is 0 Å². The molecule has 2 aromatic carbocycles. The quantitative estimate of drug-likeness (QED) is 0.578. The summed E-state index contributed by atoms with van der Waals surface area (Å²) in [6.45, 7) is 0.724. The second-order valence-electron chi connectivity index (χ2n) is 5.45. The fraction of sp³-hybridized carbons (Fsp3) is 0.167. The fourth-order valence-corrected chi connectivity index (χ4v) is 3.61. The maximum absolute atomic E-state index is 13.0. The first-order valence-electron chi connectivity index (χ1n) is 7.55. The van der Waals surface area contributed by atoms with E-state index in [4.69, 9.17) is 25.5 Å². The number of nitrogens with zero attached hydrogens (tertiary/aromatic N) is 1. The van der Waals surface area contributed by atoms with E-state index in [1.54, 1.807) is 18.3 Å². The van der Waals surface area contributed by atoms with Gasteiger partial charge in [-0.25, -0.2) is 9.37 Å². The van der Waals surface area contributed by atoms with E-state index in [0.29, 0.717) is 28.4 Å². The van der Waals surface area contributed by atoms with Gasteiger partial charge in [-0.3, -0.25) is 0 Å². The molecule has 0 atom stereocenters. The van der Waals surface area contributed by atoms with Gasteiger partial charge in [-0.1, -0.05) is 23.4 Å². The minimum atomic E-state index is -0.285. The van der Waals surface area contributed by atoms with Crippen molar-refractivity contribution in [1.29, 1.82) is 0 Å². The van der Waals surface area contributed by atoms with E-state index < -0.39 is 0 Å². The van der Waals surface area contributed by atoms with Gasteiger partial charge in [0, 0.05) is 27.5 Å². The van der Waals surface area contributed by atoms with Gasteiger partial charge in [0.1, 0.15) is 11.6 Å². The molecule has 0 unspecified atom stereocenters. The van der Waals surface area contributed by atoms with Crippen LogP contribution in [0.15, 0.2) is 52.2 Å². The van der Waals surface area contributed by atoms with Gasteiger partial charge in [-0.2, -0.15) is 0 Å². The molecule has 0 radical (unpaired) electrons. The van der Waals surface area contributed by atoms with Crippen LogP contribution in [0.25, 0.3) is 11.3 Å². The molecule has 0 saturated heterocycles. The first-order valence-corrected chi connectivity index (χ1v) is 8.92. The van der Waals surface area contributed by atoms with E-state index in [0.717, 1.165) is 22.4 Å². The Morgan fingerprint density at radius 3 is 2.88 bits per heavy atom. The Bertz CT molecular complexity index is 898. The summed E-state index contributed by atoms with van der Waals surface area (Å²) in [5.74, 6) is 1.73. The molecule has 1 aliphatic rings. The molecule has 25 heavy (non-hydrogen) atoms. The summed E-state index contributed by atoms with van der Waals surface area (Å²) in [5.41, 5.74) is 2.69. The summed E-state index contributed by atoms with van der Waals surface area (Å²) in [6.07, 6.45) is 1.63. The van der Waals surface area contributed by atoms with Crippen molar-refractivity contribution >= 4 is 23.4 Å². The Kier molecular flexibility index (Phi) is 4.65. The second-order valence-corrected chi connectivity index (χ2v) is 6.81. The summed E-state index contributed by atoms with van der Waals surface area (Å²) in [4.78, 5) is 4.27. The predicted molar refractivity (Wildman–Crippen MR) is 93.2 cm³/mol. The van der Waals surface area contributed by atoms with Gasteiger partial charge < -0.3 is 13.9 Å². The molecule has 0 aliphatic carbocycles. The smallest absolute Gasteiger partial charge is 0.256 e. The van der Waals surface area contributed by atoms with Crippen molar-refractivity contribution in [3.63, 3.8) is 0 Å². The van der Waals surface area contributed by atoms with Gasteiger partial charge in [0.15, 0.2) is 12.6 Å². The highest BCUT2D eigenvalue weighted by atomic mass is 35.5. The summed E-state index contributed by atoms with van der Waals surface area (Å²) in [7, 11) is 0. The lowest BCUT2D eigenvalue weighted by Gasteiger charge is -2.20. The third kappa shape index (κ3) is 3.66. The van der Waals surface area contributed by atoms with Crippen LogP contribution in [0.2, 0.25) is 5.02 Å². The van der Waals surface area contributed by atoms with E-state index in [-0.39, 0.29) is 12.6 Å². The predicted octanol–water partition coefficient (Wildman–Crippen LogP) is 5.29. The van der Waals surface area contributed by atoms with Crippen molar-refractivity contribution < 1.29 is 18.3 Å². The number of hydrogen-bond donors (Lipinski definition) is 0. The highest BCUT2D eigenvalue weighted by Crippen LogP contribution is 2.36. The second kappa shape index (κ2) is 7.07. The molecule has 0 bridgehead atoms. The zero-order valence-electron chi connectivity index (χ0n) is 13.0. The van der Waals surface area contributed by atoms with Gasteiger partial charge in [0.25, 0.3) is 5.22 Å². The van der Waals surface area contributed by atoms with Crippen LogP contribution in [0.5, 0.6) is 5.75 Å². The molecule has 0 saturated carbocycles. The van der Waals surface area contributed by atoms with Crippen molar-refractivity contribution in [2.45, 2.75) is 17.6 Å². The first kappa shape index (κ1) is 16.4. The largest absolute Gasteiger partial charge is 0.467 e. The third-order valence-electron chi connectivity index (χ3n) is 3.72. The van der Waals surface area contributed by atoms with E-state index in [2.05, 4.69) is 4.98 Å². The van der Waals surface area contributed by atoms with Crippen molar-refractivity contribution in [2.75, 3.05) is 6.79 Å². The Morgan fingerprint density at radius 1 is 1.20 bits per heavy atom. The van der Waals surface area contributed by atoms with Crippen LogP contribution in [0.4, 0.5) is 4.39 Å². The summed E-state index contributed by atoms with van der Waals surface area (Å²) < 4.78 is 29.6. The maximum Gasteiger partial charge on any atom is 0.256 e. The molecular formula is C18H13ClFNO3S. The number of hydrogen-bond acceptors (Lipinski definition) is 5. The van der Waals surface area contributed by atoms with Crippen LogP contribution < -0.4 is 4.74 Å². The lowest BCUT2D eigenvalue weighted by atomic mass is 10.1. The molecule has 1 aromatic heterocycles. The highest BCUT2D eigenvalue weighted by Gasteiger charge is 2.17. The number of thioether (sulfide) groups is 1. The van der Waals surface area contributed by atoms with Crippen LogP contribution in [-0.4, -0.2) is 11.8 Å². The lowest BCUT2D eigenvalue weighted by Crippen LogP contribution is -2.12. The molecule has 1 aliphatic heterocycles. The molecule has 2 heterocycles. The van der Waals surface area contributed by atoms with Gasteiger partial charge in [0.05, 0.1) is 12.8 Å². The number of rotatable bonds is 4. The van der Waals surface area contributed by atoms with Crippen LogP contribution in [-0.2, 0) is 17.1 Å². The van der Waals surface area contributed by atoms with E-state index in [1.165, 1.54) is 23.9 Å². The Morgan fingerprint density at radius 2 is 2.04 bits per heavy atom. The zero-order valence-corrected chi connectivity index (χ0v) is 14.6. The van der Waals surface area contributed by atoms with Gasteiger partial charge in [0.2, 0.25) is 0 Å². The molecule has 7 heteroatoms. The van der Waals surface area contributed by atoms with E-state index >= 15 is 0 Å². The molecular weight excluding hydrogens is 365 g/mol. The standard InChI is InChI=1S/C18H13ClFNO3S/c19-14-5-12-8-22-10-23-17(12)13(6-14)9-25-18-21-7-16(24-18)11-1-3-15(20)4-2-11/h1-7H,8-10H2. The number of ether oxygens (including phenoxy) is 2. The van der Waals surface area contributed by atoms with Crippen LogP contribution in [0.1, 0.15) is 11.1 Å². The Balaban J connectivity index is 1.51. The monoisotopic (exact) mass is 377 g/mol. The third-order valence-corrected chi connectivity index (χ3v) is 4.83. The number of fused-ring (bicyclic) bond motifs is 1. The number of oxazole rings is 1. The van der Waals surface area contributed by atoms with Crippen LogP contribution in [0, 0.1) is 5.82 Å². The number of aromatic nitrogens is 1. The molecule has 4 rings (SSSR count). The number of benzene rings is 2. The molecule has 0 fully saturated rings. The van der Waals surface area contributed by atoms with Crippen molar-refractivity contribution in [3.05, 3.63) is 64.6 Å². The van der Waals surface area contributed by atoms with E-state index in [1.807, 2.05) is 12.1 Å². The van der Waals surface area contributed by atoms with Crippen molar-refractivity contribution in [2.24, 2.45) is 0 Å². The molecule has 0 N–H and O–H groups in total. The summed E-state index contributed by atoms with van der Waals surface area (Å²) in [5, 5.41) is 1.17. The normalized spacial score (nSPS) is 13.4. The minimum Gasteiger partial charge on any atom is -0.467 e. The maximum atomic E-state index is 13.0. The molecule has 4 nitrogen and oxygen atoms in total. The van der Waals surface area contributed by atoms with Gasteiger partial charge in [-0.05, 0) is 36.4 Å². The van der Waals surface area contributed by atoms with Crippen LogP contribution in [0.3, 0.4) is 0 Å². The lowest BCUT2D eigenvalue weighted by molar-refractivity contribution is -0.0168. The molecule has 0 amide bonds. The average Bonchev–Trinajstić information content (AvgIpc) is 3.09. The molecule has 128 valence electrons. The molecule has 0 spiro atoms. The van der Waals surface area contributed by atoms with Crippen molar-refractivity contribution in [1.82, 2.24) is 4.98 Å². The Labute approximate surface area is 152 Å². The highest BCUT2D eigenvalue weighted by molar-refractivity contribution is 7.98. The average molecular weight is 378 g/mol.